The number of alkyl halides is 3. The Kier molecular flexibility index (Phi) is 7.05. The van der Waals surface area contributed by atoms with Crippen molar-refractivity contribution in [1.29, 1.82) is 0 Å². The van der Waals surface area contributed by atoms with Crippen molar-refractivity contribution in [3.05, 3.63) is 11.6 Å². The van der Waals surface area contributed by atoms with Crippen LogP contribution in [0.4, 0.5) is 18.0 Å². The van der Waals surface area contributed by atoms with Gasteiger partial charge in [0.15, 0.2) is 0 Å². The zero-order chi connectivity index (χ0) is 21.8. The molecule has 2 aliphatic heterocycles. The first-order valence-corrected chi connectivity index (χ1v) is 8.20. The number of halogens is 3. The summed E-state index contributed by atoms with van der Waals surface area (Å²) in [4.78, 5) is 50.2. The molecule has 14 heteroatoms. The van der Waals surface area contributed by atoms with E-state index in [1.54, 1.807) is 0 Å². The maximum atomic E-state index is 12.0. The fourth-order valence-electron chi connectivity index (χ4n) is 2.52. The van der Waals surface area contributed by atoms with Crippen molar-refractivity contribution in [2.75, 3.05) is 19.7 Å². The summed E-state index contributed by atoms with van der Waals surface area (Å²) in [5, 5.41) is 22.2. The van der Waals surface area contributed by atoms with Gasteiger partial charge in [0.25, 0.3) is 11.8 Å². The minimum absolute atomic E-state index is 0.00555. The average Bonchev–Trinajstić information content (AvgIpc) is 3.01. The monoisotopic (exact) mass is 422 g/mol. The van der Waals surface area contributed by atoms with Crippen LogP contribution in [0.2, 0.25) is 0 Å². The summed E-state index contributed by atoms with van der Waals surface area (Å²) in [6, 6.07) is -0.786. The van der Waals surface area contributed by atoms with E-state index in [9.17, 15) is 37.5 Å². The number of nitrogens with zero attached hydrogens (tertiary/aromatic N) is 2. The van der Waals surface area contributed by atoms with Gasteiger partial charge in [-0.3, -0.25) is 24.6 Å². The zero-order valence-corrected chi connectivity index (χ0v) is 14.7. The fraction of sp³-hybridized carbons (Fsp3) is 0.533. The predicted molar refractivity (Wildman–Crippen MR) is 87.3 cm³/mol. The summed E-state index contributed by atoms with van der Waals surface area (Å²) in [5.74, 6) is -4.18. The lowest BCUT2D eigenvalue weighted by molar-refractivity contribution is -0.173. The van der Waals surface area contributed by atoms with Crippen molar-refractivity contribution in [3.8, 4) is 0 Å². The van der Waals surface area contributed by atoms with E-state index in [4.69, 9.17) is 9.84 Å². The molecule has 0 aliphatic carbocycles. The number of imide groups is 1. The summed E-state index contributed by atoms with van der Waals surface area (Å²) in [7, 11) is 0. The maximum absolute atomic E-state index is 12.0. The van der Waals surface area contributed by atoms with Crippen LogP contribution in [-0.2, 0) is 19.1 Å². The second kappa shape index (κ2) is 9.11. The third kappa shape index (κ3) is 5.82. The third-order valence-electron chi connectivity index (χ3n) is 4.00. The van der Waals surface area contributed by atoms with Crippen LogP contribution in [0.3, 0.4) is 0 Å². The van der Waals surface area contributed by atoms with Crippen LogP contribution in [0.25, 0.3) is 0 Å². The van der Waals surface area contributed by atoms with Gasteiger partial charge in [0.2, 0.25) is 0 Å². The van der Waals surface area contributed by atoms with Crippen molar-refractivity contribution in [1.82, 2.24) is 15.5 Å². The third-order valence-corrected chi connectivity index (χ3v) is 4.00. The molecule has 0 spiro atoms. The van der Waals surface area contributed by atoms with E-state index in [1.165, 1.54) is 5.32 Å². The highest BCUT2D eigenvalue weighted by Crippen LogP contribution is 2.25. The Morgan fingerprint density at radius 3 is 2.66 bits per heavy atom. The Bertz CT molecular complexity index is 753. The van der Waals surface area contributed by atoms with Crippen molar-refractivity contribution < 1.29 is 47.3 Å². The first-order valence-electron chi connectivity index (χ1n) is 8.20. The molecule has 5 amide bonds. The lowest BCUT2D eigenvalue weighted by Crippen LogP contribution is -2.54. The minimum Gasteiger partial charge on any atom is -0.394 e. The SMILES string of the molecule is O=C(CNC(=O)C(F)(F)F)N=CC=C1CN([C@H]2C[C@H](O)[C@@H](CO)O2)C(=O)NC1=O. The van der Waals surface area contributed by atoms with Gasteiger partial charge in [-0.05, 0) is 6.08 Å². The molecule has 2 saturated heterocycles. The molecular formula is C15H17F3N4O7. The summed E-state index contributed by atoms with van der Waals surface area (Å²) in [5.41, 5.74) is -0.0222. The van der Waals surface area contributed by atoms with Crippen LogP contribution in [0, 0.1) is 0 Å². The molecule has 11 nitrogen and oxygen atoms in total. The molecule has 0 aromatic heterocycles. The number of aliphatic hydroxyl groups is 2. The Hall–Kier alpha value is -2.84. The van der Waals surface area contributed by atoms with Gasteiger partial charge in [0, 0.05) is 18.2 Å². The van der Waals surface area contributed by atoms with Crippen LogP contribution in [0.5, 0.6) is 0 Å². The summed E-state index contributed by atoms with van der Waals surface area (Å²) in [6.07, 6.45) is -6.02. The van der Waals surface area contributed by atoms with Gasteiger partial charge in [-0.25, -0.2) is 9.79 Å². The summed E-state index contributed by atoms with van der Waals surface area (Å²) < 4.78 is 41.4. The van der Waals surface area contributed by atoms with Crippen LogP contribution < -0.4 is 10.6 Å². The summed E-state index contributed by atoms with van der Waals surface area (Å²) >= 11 is 0. The molecule has 0 bridgehead atoms. The molecule has 4 N–H and O–H groups in total. The largest absolute Gasteiger partial charge is 0.471 e. The number of ether oxygens (including phenoxy) is 1. The van der Waals surface area contributed by atoms with Crippen molar-refractivity contribution in [3.63, 3.8) is 0 Å². The van der Waals surface area contributed by atoms with E-state index in [0.29, 0.717) is 0 Å². The molecule has 2 rings (SSSR count). The van der Waals surface area contributed by atoms with E-state index in [0.717, 1.165) is 17.2 Å². The van der Waals surface area contributed by atoms with Crippen LogP contribution in [0.15, 0.2) is 16.6 Å². The number of allylic oxidation sites excluding steroid dienone is 1. The average molecular weight is 422 g/mol. The number of hydrogen-bond acceptors (Lipinski definition) is 7. The normalized spacial score (nSPS) is 26.9. The van der Waals surface area contributed by atoms with E-state index >= 15 is 0 Å². The number of amides is 5. The molecule has 2 fully saturated rings. The highest BCUT2D eigenvalue weighted by Gasteiger charge is 2.41. The van der Waals surface area contributed by atoms with E-state index < -0.39 is 61.5 Å². The Balaban J connectivity index is 1.96. The predicted octanol–water partition coefficient (Wildman–Crippen LogP) is -1.79. The zero-order valence-electron chi connectivity index (χ0n) is 14.7. The van der Waals surface area contributed by atoms with Crippen LogP contribution >= 0.6 is 0 Å². The molecule has 2 aliphatic rings. The maximum Gasteiger partial charge on any atom is 0.471 e. The van der Waals surface area contributed by atoms with Gasteiger partial charge >= 0.3 is 18.1 Å². The van der Waals surface area contributed by atoms with Gasteiger partial charge in [0.05, 0.1) is 25.8 Å². The van der Waals surface area contributed by atoms with Gasteiger partial charge in [-0.1, -0.05) is 0 Å². The lowest BCUT2D eigenvalue weighted by atomic mass is 10.1. The number of rotatable bonds is 5. The molecule has 0 unspecified atom stereocenters. The number of carbonyl (C=O) groups is 4. The van der Waals surface area contributed by atoms with E-state index in [2.05, 4.69) is 4.99 Å². The first-order chi connectivity index (χ1) is 13.5. The molecular weight excluding hydrogens is 405 g/mol. The number of aliphatic imine (C=N–C) groups is 1. The van der Waals surface area contributed by atoms with Crippen LogP contribution in [0.1, 0.15) is 6.42 Å². The molecule has 0 radical (unpaired) electrons. The van der Waals surface area contributed by atoms with Crippen molar-refractivity contribution in [2.24, 2.45) is 4.99 Å². The standard InChI is InChI=1S/C15H17F3N4O7/c16-15(17,18)13(27)20-4-10(25)19-2-1-7-5-22(14(28)21-12(7)26)11-3-8(24)9(6-23)29-11/h1-2,8-9,11,23-24H,3-6H2,(H,20,27)(H,21,26,28)/t8-,9+,11+/m0/s1. The highest BCUT2D eigenvalue weighted by molar-refractivity contribution is 6.09. The second-order valence-electron chi connectivity index (χ2n) is 6.05. The number of urea groups is 1. The Morgan fingerprint density at radius 1 is 1.38 bits per heavy atom. The lowest BCUT2D eigenvalue weighted by Gasteiger charge is -2.32. The second-order valence-corrected chi connectivity index (χ2v) is 6.05. The van der Waals surface area contributed by atoms with Gasteiger partial charge in [-0.15, -0.1) is 0 Å². The van der Waals surface area contributed by atoms with Gasteiger partial charge < -0.3 is 20.3 Å². The number of aliphatic hydroxyl groups excluding tert-OH is 2. The molecule has 2 heterocycles. The molecule has 3 atom stereocenters. The van der Waals surface area contributed by atoms with Gasteiger partial charge in [-0.2, -0.15) is 13.2 Å². The Labute approximate surface area is 161 Å². The molecule has 0 aromatic carbocycles. The number of nitrogens with one attached hydrogen (secondary N) is 2. The van der Waals surface area contributed by atoms with Crippen molar-refractivity contribution in [2.45, 2.75) is 31.0 Å². The Morgan fingerprint density at radius 2 is 2.07 bits per heavy atom. The fourth-order valence-corrected chi connectivity index (χ4v) is 2.52. The topological polar surface area (TPSA) is 158 Å². The van der Waals surface area contributed by atoms with Crippen LogP contribution in [-0.4, -0.2) is 89.4 Å². The smallest absolute Gasteiger partial charge is 0.394 e. The molecule has 29 heavy (non-hydrogen) atoms. The molecule has 160 valence electrons. The van der Waals surface area contributed by atoms with Crippen molar-refractivity contribution >= 4 is 30.0 Å². The minimum atomic E-state index is -5.13. The first kappa shape index (κ1) is 22.4. The van der Waals surface area contributed by atoms with Gasteiger partial charge in [0.1, 0.15) is 12.3 Å². The quantitative estimate of drug-likeness (QED) is 0.301. The molecule has 0 aromatic rings. The highest BCUT2D eigenvalue weighted by atomic mass is 19.4. The van der Waals surface area contributed by atoms with E-state index in [1.807, 2.05) is 5.32 Å². The number of carbonyl (C=O) groups excluding carboxylic acids is 4. The molecule has 0 saturated carbocycles. The van der Waals surface area contributed by atoms with E-state index in [-0.39, 0.29) is 18.5 Å². The summed E-state index contributed by atoms with van der Waals surface area (Å²) in [6.45, 7) is -1.72. The number of hydrogen-bond donors (Lipinski definition) is 4.